The molecule has 1 aromatic rings. The predicted molar refractivity (Wildman–Crippen MR) is 64.4 cm³/mol. The van der Waals surface area contributed by atoms with E-state index < -0.39 is 22.9 Å². The lowest BCUT2D eigenvalue weighted by Crippen LogP contribution is -2.26. The molecule has 1 amide bonds. The lowest BCUT2D eigenvalue weighted by atomic mass is 9.93. The van der Waals surface area contributed by atoms with Gasteiger partial charge in [-0.25, -0.2) is 0 Å². The first-order chi connectivity index (χ1) is 8.91. The molecule has 0 spiro atoms. The summed E-state index contributed by atoms with van der Waals surface area (Å²) in [6.07, 6.45) is -0.0841. The number of carbonyl (C=O) groups is 2. The Morgan fingerprint density at radius 2 is 2.21 bits per heavy atom. The third-order valence-corrected chi connectivity index (χ3v) is 3.33. The Bertz CT molecular complexity index is 557. The van der Waals surface area contributed by atoms with Gasteiger partial charge < -0.3 is 10.0 Å². The van der Waals surface area contributed by atoms with E-state index in [-0.39, 0.29) is 18.0 Å². The van der Waals surface area contributed by atoms with Crippen molar-refractivity contribution in [2.45, 2.75) is 12.5 Å². The number of hydrogen-bond acceptors (Lipinski definition) is 4. The van der Waals surface area contributed by atoms with Gasteiger partial charge in [0.1, 0.15) is 0 Å². The van der Waals surface area contributed by atoms with Crippen LogP contribution in [0.4, 0.5) is 5.69 Å². The van der Waals surface area contributed by atoms with Crippen LogP contribution >= 0.6 is 0 Å². The molecule has 1 saturated heterocycles. The number of benzene rings is 1. The zero-order valence-electron chi connectivity index (χ0n) is 10.1. The second-order valence-corrected chi connectivity index (χ2v) is 4.45. The molecular formula is C12H12N2O5. The van der Waals surface area contributed by atoms with Gasteiger partial charge in [0.05, 0.1) is 16.9 Å². The quantitative estimate of drug-likeness (QED) is 0.653. The Kier molecular flexibility index (Phi) is 3.20. The highest BCUT2D eigenvalue weighted by atomic mass is 16.6. The molecule has 2 atom stereocenters. The maximum Gasteiger partial charge on any atom is 0.309 e. The van der Waals surface area contributed by atoms with Crippen molar-refractivity contribution in [1.82, 2.24) is 4.90 Å². The van der Waals surface area contributed by atoms with Crippen molar-refractivity contribution < 1.29 is 19.6 Å². The van der Waals surface area contributed by atoms with Crippen LogP contribution in [0.1, 0.15) is 18.0 Å². The minimum Gasteiger partial charge on any atom is -0.481 e. The van der Waals surface area contributed by atoms with E-state index in [9.17, 15) is 19.7 Å². The third kappa shape index (κ3) is 2.26. The molecule has 2 rings (SSSR count). The fraction of sp³-hybridized carbons (Fsp3) is 0.333. The highest BCUT2D eigenvalue weighted by molar-refractivity contribution is 5.87. The van der Waals surface area contributed by atoms with E-state index in [4.69, 9.17) is 5.11 Å². The van der Waals surface area contributed by atoms with Gasteiger partial charge in [-0.3, -0.25) is 19.7 Å². The number of amides is 1. The number of carbonyl (C=O) groups excluding carboxylic acids is 1. The zero-order chi connectivity index (χ0) is 14.2. The number of carboxylic acids is 1. The van der Waals surface area contributed by atoms with Crippen LogP contribution in [0, 0.1) is 16.0 Å². The van der Waals surface area contributed by atoms with Crippen LogP contribution in [0.3, 0.4) is 0 Å². The van der Waals surface area contributed by atoms with Crippen LogP contribution < -0.4 is 0 Å². The maximum absolute atomic E-state index is 11.6. The monoisotopic (exact) mass is 264 g/mol. The summed E-state index contributed by atoms with van der Waals surface area (Å²) in [5.74, 6) is -2.22. The summed E-state index contributed by atoms with van der Waals surface area (Å²) in [5, 5.41) is 19.9. The van der Waals surface area contributed by atoms with E-state index in [1.165, 1.54) is 30.1 Å². The van der Waals surface area contributed by atoms with Crippen LogP contribution in [0.2, 0.25) is 0 Å². The van der Waals surface area contributed by atoms with Gasteiger partial charge in [-0.2, -0.15) is 0 Å². The highest BCUT2D eigenvalue weighted by Crippen LogP contribution is 2.37. The Labute approximate surface area is 108 Å². The molecule has 1 N–H and O–H groups in total. The van der Waals surface area contributed by atoms with E-state index >= 15 is 0 Å². The van der Waals surface area contributed by atoms with Crippen LogP contribution in [0.5, 0.6) is 0 Å². The number of nitrogens with zero attached hydrogens (tertiary/aromatic N) is 2. The number of nitro groups is 1. The average molecular weight is 264 g/mol. The standard InChI is InChI=1S/C12H12N2O5/c1-13-10(15)6-9(12(16)17)11(13)7-3-2-4-8(5-7)14(18)19/h2-5,9,11H,6H2,1H3,(H,16,17)/t9-,11+/m0/s1. The van der Waals surface area contributed by atoms with E-state index in [0.29, 0.717) is 5.56 Å². The second kappa shape index (κ2) is 4.68. The predicted octanol–water partition coefficient (Wildman–Crippen LogP) is 1.20. The molecule has 1 heterocycles. The molecule has 0 saturated carbocycles. The first-order valence-corrected chi connectivity index (χ1v) is 5.64. The highest BCUT2D eigenvalue weighted by Gasteiger charge is 2.43. The van der Waals surface area contributed by atoms with Crippen molar-refractivity contribution in [1.29, 1.82) is 0 Å². The number of non-ortho nitro benzene ring substituents is 1. The van der Waals surface area contributed by atoms with Gasteiger partial charge >= 0.3 is 5.97 Å². The van der Waals surface area contributed by atoms with Gasteiger partial charge in [0.25, 0.3) is 5.69 Å². The summed E-state index contributed by atoms with van der Waals surface area (Å²) in [6.45, 7) is 0. The number of nitro benzene ring substituents is 1. The molecule has 0 aliphatic carbocycles. The topological polar surface area (TPSA) is 101 Å². The number of hydrogen-bond donors (Lipinski definition) is 1. The lowest BCUT2D eigenvalue weighted by molar-refractivity contribution is -0.385. The fourth-order valence-electron chi connectivity index (χ4n) is 2.37. The number of likely N-dealkylation sites (tertiary alicyclic amines) is 1. The van der Waals surface area contributed by atoms with E-state index in [1.807, 2.05) is 0 Å². The largest absolute Gasteiger partial charge is 0.481 e. The van der Waals surface area contributed by atoms with Crippen molar-refractivity contribution in [2.24, 2.45) is 5.92 Å². The molecule has 0 aromatic heterocycles. The molecule has 0 radical (unpaired) electrons. The number of carboxylic acid groups (broad SMARTS) is 1. The summed E-state index contributed by atoms with van der Waals surface area (Å²) in [5.41, 5.74) is 0.351. The summed E-state index contributed by atoms with van der Waals surface area (Å²) in [6, 6.07) is 5.07. The van der Waals surface area contributed by atoms with E-state index in [2.05, 4.69) is 0 Å². The summed E-state index contributed by atoms with van der Waals surface area (Å²) in [4.78, 5) is 34.3. The molecule has 100 valence electrons. The van der Waals surface area contributed by atoms with Crippen LogP contribution in [0.25, 0.3) is 0 Å². The molecule has 0 unspecified atom stereocenters. The van der Waals surface area contributed by atoms with Gasteiger partial charge in [0, 0.05) is 25.6 Å². The van der Waals surface area contributed by atoms with Crippen LogP contribution in [0.15, 0.2) is 24.3 Å². The summed E-state index contributed by atoms with van der Waals surface area (Å²) >= 11 is 0. The maximum atomic E-state index is 11.6. The Morgan fingerprint density at radius 3 is 2.79 bits per heavy atom. The molecule has 19 heavy (non-hydrogen) atoms. The van der Waals surface area contributed by atoms with Crippen molar-refractivity contribution in [3.05, 3.63) is 39.9 Å². The van der Waals surface area contributed by atoms with Crippen molar-refractivity contribution >= 4 is 17.6 Å². The molecule has 1 aromatic carbocycles. The van der Waals surface area contributed by atoms with Crippen molar-refractivity contribution in [3.8, 4) is 0 Å². The van der Waals surface area contributed by atoms with Gasteiger partial charge in [-0.05, 0) is 5.56 Å². The molecule has 0 bridgehead atoms. The normalized spacial score (nSPS) is 22.6. The lowest BCUT2D eigenvalue weighted by Gasteiger charge is -2.23. The van der Waals surface area contributed by atoms with Gasteiger partial charge in [-0.15, -0.1) is 0 Å². The smallest absolute Gasteiger partial charge is 0.309 e. The minimum atomic E-state index is -1.07. The van der Waals surface area contributed by atoms with Gasteiger partial charge in [0.2, 0.25) is 5.91 Å². The zero-order valence-corrected chi connectivity index (χ0v) is 10.1. The first-order valence-electron chi connectivity index (χ1n) is 5.64. The second-order valence-electron chi connectivity index (χ2n) is 4.45. The molecule has 7 nitrogen and oxygen atoms in total. The Hall–Kier alpha value is -2.44. The summed E-state index contributed by atoms with van der Waals surface area (Å²) in [7, 11) is 1.51. The average Bonchev–Trinajstić information content (AvgIpc) is 2.66. The van der Waals surface area contributed by atoms with Crippen LogP contribution in [-0.2, 0) is 9.59 Å². The number of rotatable bonds is 3. The third-order valence-electron chi connectivity index (χ3n) is 3.33. The first kappa shape index (κ1) is 13.0. The van der Waals surface area contributed by atoms with Crippen LogP contribution in [-0.4, -0.2) is 33.9 Å². The molecular weight excluding hydrogens is 252 g/mol. The van der Waals surface area contributed by atoms with Crippen molar-refractivity contribution in [2.75, 3.05) is 7.05 Å². The van der Waals surface area contributed by atoms with Crippen molar-refractivity contribution in [3.63, 3.8) is 0 Å². The summed E-state index contributed by atoms with van der Waals surface area (Å²) < 4.78 is 0. The van der Waals surface area contributed by atoms with Gasteiger partial charge in [0.15, 0.2) is 0 Å². The van der Waals surface area contributed by atoms with E-state index in [0.717, 1.165) is 0 Å². The fourth-order valence-corrected chi connectivity index (χ4v) is 2.37. The molecule has 1 aliphatic heterocycles. The SMILES string of the molecule is CN1C(=O)C[C@H](C(=O)O)[C@H]1c1cccc([N+](=O)[O-])c1. The van der Waals surface area contributed by atoms with Gasteiger partial charge in [-0.1, -0.05) is 12.1 Å². The molecule has 7 heteroatoms. The number of aliphatic carboxylic acids is 1. The Morgan fingerprint density at radius 1 is 1.53 bits per heavy atom. The Balaban J connectivity index is 2.43. The molecule has 1 aliphatic rings. The minimum absolute atomic E-state index is 0.0841. The molecule has 1 fully saturated rings. The van der Waals surface area contributed by atoms with E-state index in [1.54, 1.807) is 6.07 Å².